The van der Waals surface area contributed by atoms with Gasteiger partial charge < -0.3 is 14.8 Å². The Labute approximate surface area is 156 Å². The molecule has 0 aliphatic carbocycles. The second kappa shape index (κ2) is 10.5. The van der Waals surface area contributed by atoms with E-state index in [9.17, 15) is 9.18 Å². The molecular weight excluding hydrogens is 355 g/mol. The number of nitrogens with one attached hydrogen (secondary N) is 1. The SMILES string of the molecule is CCOC(=O)c1ncsc1CCCOc1ccc(C#CCNC)cc1F. The summed E-state index contributed by atoms with van der Waals surface area (Å²) in [6.07, 6.45) is 1.26. The molecule has 2 rings (SSSR count). The Bertz CT molecular complexity index is 796. The average molecular weight is 376 g/mol. The van der Waals surface area contributed by atoms with Crippen LogP contribution in [0.25, 0.3) is 0 Å². The van der Waals surface area contributed by atoms with Crippen LogP contribution in [0.2, 0.25) is 0 Å². The molecule has 0 amide bonds. The first-order valence-corrected chi connectivity index (χ1v) is 9.19. The summed E-state index contributed by atoms with van der Waals surface area (Å²) in [6.45, 7) is 2.95. The van der Waals surface area contributed by atoms with Crippen LogP contribution in [0.1, 0.15) is 34.3 Å². The molecule has 1 aromatic carbocycles. The van der Waals surface area contributed by atoms with Gasteiger partial charge in [0.25, 0.3) is 0 Å². The number of hydrogen-bond acceptors (Lipinski definition) is 6. The second-order valence-corrected chi connectivity index (χ2v) is 6.21. The fourth-order valence-corrected chi connectivity index (χ4v) is 2.95. The normalized spacial score (nSPS) is 10.1. The monoisotopic (exact) mass is 376 g/mol. The number of thiazole rings is 1. The van der Waals surface area contributed by atoms with Crippen LogP contribution in [0, 0.1) is 17.7 Å². The predicted molar refractivity (Wildman–Crippen MR) is 99.1 cm³/mol. The summed E-state index contributed by atoms with van der Waals surface area (Å²) in [5, 5.41) is 2.90. The van der Waals surface area contributed by atoms with Gasteiger partial charge in [0.1, 0.15) is 0 Å². The van der Waals surface area contributed by atoms with Gasteiger partial charge in [0, 0.05) is 10.4 Å². The molecule has 138 valence electrons. The fraction of sp³-hybridized carbons (Fsp3) is 0.368. The number of nitrogens with zero attached hydrogens (tertiary/aromatic N) is 1. The Morgan fingerprint density at radius 3 is 3.00 bits per heavy atom. The number of benzene rings is 1. The minimum absolute atomic E-state index is 0.194. The lowest BCUT2D eigenvalue weighted by atomic mass is 10.2. The van der Waals surface area contributed by atoms with E-state index in [1.165, 1.54) is 17.4 Å². The molecule has 2 aromatic rings. The van der Waals surface area contributed by atoms with Crippen LogP contribution >= 0.6 is 11.3 Å². The lowest BCUT2D eigenvalue weighted by Crippen LogP contribution is -2.08. The summed E-state index contributed by atoms with van der Waals surface area (Å²) in [5.74, 6) is 5.09. The van der Waals surface area contributed by atoms with Crippen molar-refractivity contribution in [3.8, 4) is 17.6 Å². The quantitative estimate of drug-likeness (QED) is 0.436. The van der Waals surface area contributed by atoms with Gasteiger partial charge in [-0.2, -0.15) is 0 Å². The van der Waals surface area contributed by atoms with Crippen molar-refractivity contribution in [3.05, 3.63) is 45.7 Å². The van der Waals surface area contributed by atoms with Crippen molar-refractivity contribution in [2.24, 2.45) is 0 Å². The van der Waals surface area contributed by atoms with E-state index in [-0.39, 0.29) is 5.75 Å². The zero-order valence-electron chi connectivity index (χ0n) is 14.8. The number of aromatic nitrogens is 1. The molecular formula is C19H21FN2O3S. The molecule has 0 radical (unpaired) electrons. The van der Waals surface area contributed by atoms with Gasteiger partial charge in [-0.25, -0.2) is 14.2 Å². The molecule has 0 spiro atoms. The lowest BCUT2D eigenvalue weighted by molar-refractivity contribution is 0.0519. The summed E-state index contributed by atoms with van der Waals surface area (Å²) < 4.78 is 24.5. The smallest absolute Gasteiger partial charge is 0.358 e. The molecule has 0 saturated heterocycles. The van der Waals surface area contributed by atoms with Crippen LogP contribution < -0.4 is 10.1 Å². The van der Waals surface area contributed by atoms with E-state index in [2.05, 4.69) is 22.1 Å². The summed E-state index contributed by atoms with van der Waals surface area (Å²) in [4.78, 5) is 16.7. The number of halogens is 1. The van der Waals surface area contributed by atoms with Gasteiger partial charge in [-0.3, -0.25) is 0 Å². The summed E-state index contributed by atoms with van der Waals surface area (Å²) in [5.41, 5.74) is 2.58. The Kier molecular flexibility index (Phi) is 8.06. The van der Waals surface area contributed by atoms with Crippen molar-refractivity contribution in [1.82, 2.24) is 10.3 Å². The highest BCUT2D eigenvalue weighted by Gasteiger charge is 2.15. The molecule has 1 aromatic heterocycles. The van der Waals surface area contributed by atoms with E-state index in [1.807, 2.05) is 0 Å². The Hall–Kier alpha value is -2.43. The number of hydrogen-bond donors (Lipinski definition) is 1. The number of ether oxygens (including phenoxy) is 2. The first-order valence-electron chi connectivity index (χ1n) is 8.31. The zero-order chi connectivity index (χ0) is 18.8. The van der Waals surface area contributed by atoms with E-state index in [0.717, 1.165) is 4.88 Å². The molecule has 0 saturated carbocycles. The highest BCUT2D eigenvalue weighted by molar-refractivity contribution is 7.09. The van der Waals surface area contributed by atoms with Crippen LogP contribution in [0.4, 0.5) is 4.39 Å². The molecule has 0 unspecified atom stereocenters. The average Bonchev–Trinajstić information content (AvgIpc) is 3.09. The van der Waals surface area contributed by atoms with Gasteiger partial charge in [-0.15, -0.1) is 11.3 Å². The van der Waals surface area contributed by atoms with Crippen LogP contribution in [0.5, 0.6) is 5.75 Å². The Balaban J connectivity index is 1.85. The standard InChI is InChI=1S/C19H21FN2O3S/c1-3-24-19(23)18-17(26-13-22-18)7-5-11-25-16-9-8-14(12-15(16)20)6-4-10-21-2/h8-9,12-13,21H,3,5,7,10-11H2,1-2H3. The highest BCUT2D eigenvalue weighted by atomic mass is 32.1. The van der Waals surface area contributed by atoms with Crippen LogP contribution in [0.15, 0.2) is 23.7 Å². The van der Waals surface area contributed by atoms with E-state index >= 15 is 0 Å². The summed E-state index contributed by atoms with van der Waals surface area (Å²) >= 11 is 1.40. The van der Waals surface area contributed by atoms with Crippen molar-refractivity contribution in [3.63, 3.8) is 0 Å². The molecule has 1 N–H and O–H groups in total. The van der Waals surface area contributed by atoms with E-state index < -0.39 is 11.8 Å². The lowest BCUT2D eigenvalue weighted by Gasteiger charge is -2.07. The minimum Gasteiger partial charge on any atom is -0.491 e. The van der Waals surface area contributed by atoms with Crippen LogP contribution in [-0.2, 0) is 11.2 Å². The van der Waals surface area contributed by atoms with Gasteiger partial charge in [0.05, 0.1) is 25.3 Å². The van der Waals surface area contributed by atoms with E-state index in [1.54, 1.807) is 31.6 Å². The molecule has 0 aliphatic heterocycles. The maximum absolute atomic E-state index is 14.0. The first-order chi connectivity index (χ1) is 12.7. The van der Waals surface area contributed by atoms with Crippen molar-refractivity contribution < 1.29 is 18.7 Å². The topological polar surface area (TPSA) is 60.5 Å². The number of carbonyl (C=O) groups is 1. The van der Waals surface area contributed by atoms with Crippen LogP contribution in [-0.4, -0.2) is 37.8 Å². The number of rotatable bonds is 8. The zero-order valence-corrected chi connectivity index (χ0v) is 15.6. The third kappa shape index (κ3) is 5.83. The third-order valence-corrected chi connectivity index (χ3v) is 4.24. The van der Waals surface area contributed by atoms with Crippen molar-refractivity contribution in [1.29, 1.82) is 0 Å². The van der Waals surface area contributed by atoms with E-state index in [0.29, 0.717) is 43.9 Å². The number of aryl methyl sites for hydroxylation is 1. The van der Waals surface area contributed by atoms with Crippen molar-refractivity contribution in [2.45, 2.75) is 19.8 Å². The predicted octanol–water partition coefficient (Wildman–Crippen LogP) is 3.04. The first kappa shape index (κ1) is 19.9. The molecule has 1 heterocycles. The molecule has 7 heteroatoms. The van der Waals surface area contributed by atoms with Crippen molar-refractivity contribution >= 4 is 17.3 Å². The minimum atomic E-state index is -0.439. The van der Waals surface area contributed by atoms with Gasteiger partial charge >= 0.3 is 5.97 Å². The second-order valence-electron chi connectivity index (χ2n) is 5.27. The molecule has 0 aliphatic rings. The molecule has 0 atom stereocenters. The summed E-state index contributed by atoms with van der Waals surface area (Å²) in [6, 6.07) is 4.67. The molecule has 0 bridgehead atoms. The Morgan fingerprint density at radius 2 is 2.27 bits per heavy atom. The summed E-state index contributed by atoms with van der Waals surface area (Å²) in [7, 11) is 1.80. The number of esters is 1. The van der Waals surface area contributed by atoms with Crippen molar-refractivity contribution in [2.75, 3.05) is 26.8 Å². The third-order valence-electron chi connectivity index (χ3n) is 3.35. The largest absolute Gasteiger partial charge is 0.491 e. The molecule has 0 fully saturated rings. The van der Waals surface area contributed by atoms with Crippen LogP contribution in [0.3, 0.4) is 0 Å². The molecule has 26 heavy (non-hydrogen) atoms. The van der Waals surface area contributed by atoms with Gasteiger partial charge in [0.2, 0.25) is 0 Å². The fourth-order valence-electron chi connectivity index (χ4n) is 2.16. The van der Waals surface area contributed by atoms with E-state index in [4.69, 9.17) is 9.47 Å². The van der Waals surface area contributed by atoms with Gasteiger partial charge in [-0.1, -0.05) is 11.8 Å². The van der Waals surface area contributed by atoms with Gasteiger partial charge in [-0.05, 0) is 45.0 Å². The highest BCUT2D eigenvalue weighted by Crippen LogP contribution is 2.20. The number of carbonyl (C=O) groups excluding carboxylic acids is 1. The maximum atomic E-state index is 14.0. The maximum Gasteiger partial charge on any atom is 0.358 e. The Morgan fingerprint density at radius 1 is 1.42 bits per heavy atom. The molecule has 5 nitrogen and oxygen atoms in total. The van der Waals surface area contributed by atoms with Gasteiger partial charge in [0.15, 0.2) is 17.3 Å².